The highest BCUT2D eigenvalue weighted by Crippen LogP contribution is 2.31. The second kappa shape index (κ2) is 5.60. The Morgan fingerprint density at radius 1 is 1.18 bits per heavy atom. The van der Waals surface area contributed by atoms with E-state index in [2.05, 4.69) is 10.3 Å². The molecule has 1 atom stereocenters. The average molecular weight is 296 g/mol. The van der Waals surface area contributed by atoms with Crippen molar-refractivity contribution in [2.45, 2.75) is 18.8 Å². The molecule has 0 fully saturated rings. The van der Waals surface area contributed by atoms with E-state index >= 15 is 0 Å². The topological polar surface area (TPSA) is 79.0 Å². The van der Waals surface area contributed by atoms with E-state index < -0.39 is 11.5 Å². The lowest BCUT2D eigenvalue weighted by atomic mass is 9.81. The Balaban J connectivity index is 2.01. The number of pyridine rings is 1. The zero-order valence-corrected chi connectivity index (χ0v) is 12.2. The molecular formula is C17H16N2O3. The van der Waals surface area contributed by atoms with Gasteiger partial charge in [0.25, 0.3) is 11.5 Å². The van der Waals surface area contributed by atoms with Crippen LogP contribution >= 0.6 is 0 Å². The summed E-state index contributed by atoms with van der Waals surface area (Å²) in [6.45, 7) is 0. The normalized spacial score (nSPS) is 17.0. The number of amides is 1. The molecular weight excluding hydrogens is 280 g/mol. The predicted octanol–water partition coefficient (Wildman–Crippen LogP) is 1.65. The van der Waals surface area contributed by atoms with Crippen molar-refractivity contribution in [3.63, 3.8) is 0 Å². The monoisotopic (exact) mass is 296 g/mol. The fourth-order valence-electron chi connectivity index (χ4n) is 2.90. The van der Waals surface area contributed by atoms with Crippen LogP contribution < -0.4 is 10.9 Å². The Bertz CT molecular complexity index is 793. The van der Waals surface area contributed by atoms with Crippen LogP contribution in [0, 0.1) is 0 Å². The minimum atomic E-state index is -0.484. The maximum absolute atomic E-state index is 12.4. The van der Waals surface area contributed by atoms with Crippen LogP contribution in [0.1, 0.15) is 44.3 Å². The van der Waals surface area contributed by atoms with Gasteiger partial charge in [0.2, 0.25) is 0 Å². The van der Waals surface area contributed by atoms with Crippen molar-refractivity contribution in [2.24, 2.45) is 0 Å². The standard InChI is InChI=1S/C17H16N2O3/c1-18-16(21)13-9-12-14(19-17(13)22)7-11(8-15(12)20)10-5-3-2-4-6-10/h2-6,9,11H,7-8H2,1H3,(H,18,21)(H,19,22). The summed E-state index contributed by atoms with van der Waals surface area (Å²) in [6.07, 6.45) is 0.977. The molecule has 2 N–H and O–H groups in total. The molecule has 1 heterocycles. The lowest BCUT2D eigenvalue weighted by Crippen LogP contribution is -2.31. The summed E-state index contributed by atoms with van der Waals surface area (Å²) in [5.41, 5.74) is 1.67. The molecule has 0 saturated carbocycles. The second-order valence-electron chi connectivity index (χ2n) is 5.42. The minimum absolute atomic E-state index is 0.0206. The third kappa shape index (κ3) is 2.45. The number of aromatic amines is 1. The van der Waals surface area contributed by atoms with E-state index in [9.17, 15) is 14.4 Å². The van der Waals surface area contributed by atoms with E-state index in [-0.39, 0.29) is 17.3 Å². The molecule has 112 valence electrons. The van der Waals surface area contributed by atoms with Crippen molar-refractivity contribution in [1.29, 1.82) is 0 Å². The molecule has 5 nitrogen and oxygen atoms in total. The van der Waals surface area contributed by atoms with Crippen molar-refractivity contribution in [1.82, 2.24) is 10.3 Å². The maximum atomic E-state index is 12.4. The number of benzene rings is 1. The van der Waals surface area contributed by atoms with Gasteiger partial charge in [0.05, 0.1) is 0 Å². The van der Waals surface area contributed by atoms with Gasteiger partial charge < -0.3 is 10.3 Å². The third-order valence-corrected chi connectivity index (χ3v) is 4.05. The molecule has 2 aromatic rings. The summed E-state index contributed by atoms with van der Waals surface area (Å²) >= 11 is 0. The number of carbonyl (C=O) groups is 2. The lowest BCUT2D eigenvalue weighted by molar-refractivity contribution is 0.0961. The highest BCUT2D eigenvalue weighted by molar-refractivity contribution is 6.02. The number of nitrogens with one attached hydrogen (secondary N) is 2. The number of fused-ring (bicyclic) bond motifs is 1. The minimum Gasteiger partial charge on any atom is -0.355 e. The number of rotatable bonds is 2. The zero-order valence-electron chi connectivity index (χ0n) is 12.2. The molecule has 0 saturated heterocycles. The van der Waals surface area contributed by atoms with E-state index in [1.807, 2.05) is 30.3 Å². The fourth-order valence-corrected chi connectivity index (χ4v) is 2.90. The van der Waals surface area contributed by atoms with Crippen LogP contribution in [0.3, 0.4) is 0 Å². The molecule has 5 heteroatoms. The Kier molecular flexibility index (Phi) is 3.63. The van der Waals surface area contributed by atoms with Crippen LogP contribution in [0.4, 0.5) is 0 Å². The van der Waals surface area contributed by atoms with Crippen LogP contribution in [0.5, 0.6) is 0 Å². The molecule has 0 spiro atoms. The molecule has 3 rings (SSSR count). The smallest absolute Gasteiger partial charge is 0.261 e. The first-order valence-electron chi connectivity index (χ1n) is 7.16. The molecule has 1 aliphatic carbocycles. The van der Waals surface area contributed by atoms with Crippen LogP contribution in [-0.2, 0) is 6.42 Å². The largest absolute Gasteiger partial charge is 0.355 e. The van der Waals surface area contributed by atoms with Crippen molar-refractivity contribution in [3.8, 4) is 0 Å². The van der Waals surface area contributed by atoms with Crippen molar-refractivity contribution in [3.05, 3.63) is 69.1 Å². The highest BCUT2D eigenvalue weighted by atomic mass is 16.2. The maximum Gasteiger partial charge on any atom is 0.261 e. The van der Waals surface area contributed by atoms with Crippen molar-refractivity contribution in [2.75, 3.05) is 7.05 Å². The van der Waals surface area contributed by atoms with E-state index in [1.54, 1.807) is 0 Å². The van der Waals surface area contributed by atoms with Gasteiger partial charge in [-0.3, -0.25) is 14.4 Å². The van der Waals surface area contributed by atoms with Crippen molar-refractivity contribution < 1.29 is 9.59 Å². The summed E-state index contributed by atoms with van der Waals surface area (Å²) in [5.74, 6) is -0.471. The molecule has 1 unspecified atom stereocenters. The average Bonchev–Trinajstić information content (AvgIpc) is 2.54. The van der Waals surface area contributed by atoms with E-state index in [1.165, 1.54) is 13.1 Å². The second-order valence-corrected chi connectivity index (χ2v) is 5.42. The van der Waals surface area contributed by atoms with Gasteiger partial charge in [-0.15, -0.1) is 0 Å². The molecule has 0 radical (unpaired) electrons. The van der Waals surface area contributed by atoms with E-state index in [0.29, 0.717) is 24.1 Å². The van der Waals surface area contributed by atoms with Gasteiger partial charge >= 0.3 is 0 Å². The van der Waals surface area contributed by atoms with Crippen LogP contribution in [-0.4, -0.2) is 23.7 Å². The summed E-state index contributed by atoms with van der Waals surface area (Å²) in [5, 5.41) is 2.41. The Hall–Kier alpha value is -2.69. The number of carbonyl (C=O) groups excluding carboxylic acids is 2. The first-order chi connectivity index (χ1) is 10.6. The zero-order chi connectivity index (χ0) is 15.7. The molecule has 0 bridgehead atoms. The van der Waals surface area contributed by atoms with Gasteiger partial charge in [-0.1, -0.05) is 30.3 Å². The number of hydrogen-bond donors (Lipinski definition) is 2. The first kappa shape index (κ1) is 14.3. The number of Topliss-reactive ketones (excluding diaryl/α,β-unsaturated/α-hetero) is 1. The summed E-state index contributed by atoms with van der Waals surface area (Å²) in [6, 6.07) is 11.2. The van der Waals surface area contributed by atoms with Gasteiger partial charge in [-0.25, -0.2) is 0 Å². The van der Waals surface area contributed by atoms with E-state index in [4.69, 9.17) is 0 Å². The van der Waals surface area contributed by atoms with Crippen molar-refractivity contribution >= 4 is 11.7 Å². The number of H-pyrrole nitrogens is 1. The quantitative estimate of drug-likeness (QED) is 0.884. The van der Waals surface area contributed by atoms with Gasteiger partial charge in [-0.2, -0.15) is 0 Å². The molecule has 0 aliphatic heterocycles. The highest BCUT2D eigenvalue weighted by Gasteiger charge is 2.28. The number of ketones is 1. The molecule has 22 heavy (non-hydrogen) atoms. The Morgan fingerprint density at radius 3 is 2.59 bits per heavy atom. The molecule has 1 amide bonds. The molecule has 1 aromatic carbocycles. The third-order valence-electron chi connectivity index (χ3n) is 4.05. The fraction of sp³-hybridized carbons (Fsp3) is 0.235. The van der Waals surface area contributed by atoms with Gasteiger partial charge in [0, 0.05) is 24.7 Å². The SMILES string of the molecule is CNC(=O)c1cc2c([nH]c1=O)CC(c1ccccc1)CC2=O. The van der Waals surface area contributed by atoms with Crippen LogP contribution in [0.25, 0.3) is 0 Å². The van der Waals surface area contributed by atoms with Gasteiger partial charge in [0.15, 0.2) is 5.78 Å². The van der Waals surface area contributed by atoms with Crippen LogP contribution in [0.2, 0.25) is 0 Å². The number of aromatic nitrogens is 1. The van der Waals surface area contributed by atoms with E-state index in [0.717, 1.165) is 5.56 Å². The number of hydrogen-bond acceptors (Lipinski definition) is 3. The molecule has 1 aromatic heterocycles. The predicted molar refractivity (Wildman–Crippen MR) is 82.3 cm³/mol. The Labute approximate surface area is 127 Å². The van der Waals surface area contributed by atoms with Gasteiger partial charge in [-0.05, 0) is 24.0 Å². The summed E-state index contributed by atoms with van der Waals surface area (Å²) in [4.78, 5) is 38.8. The first-order valence-corrected chi connectivity index (χ1v) is 7.16. The van der Waals surface area contributed by atoms with Crippen LogP contribution in [0.15, 0.2) is 41.2 Å². The molecule has 1 aliphatic rings. The Morgan fingerprint density at radius 2 is 1.91 bits per heavy atom. The van der Waals surface area contributed by atoms with Gasteiger partial charge in [0.1, 0.15) is 5.56 Å². The lowest BCUT2D eigenvalue weighted by Gasteiger charge is -2.24. The summed E-state index contributed by atoms with van der Waals surface area (Å²) in [7, 11) is 1.45. The summed E-state index contributed by atoms with van der Waals surface area (Å²) < 4.78 is 0.